The minimum atomic E-state index is -0.214. The predicted molar refractivity (Wildman–Crippen MR) is 69.7 cm³/mol. The van der Waals surface area contributed by atoms with Gasteiger partial charge in [0.1, 0.15) is 0 Å². The van der Waals surface area contributed by atoms with Gasteiger partial charge in [0, 0.05) is 32.2 Å². The molecule has 98 valence electrons. The fourth-order valence-electron chi connectivity index (χ4n) is 2.13. The van der Waals surface area contributed by atoms with Crippen LogP contribution < -0.4 is 15.5 Å². The second kappa shape index (κ2) is 4.89. The second-order valence-corrected chi connectivity index (χ2v) is 5.00. The molecule has 1 aliphatic rings. The van der Waals surface area contributed by atoms with Crippen molar-refractivity contribution in [1.82, 2.24) is 20.8 Å². The van der Waals surface area contributed by atoms with E-state index in [1.54, 1.807) is 13.1 Å². The molecule has 1 aromatic heterocycles. The van der Waals surface area contributed by atoms with Crippen LogP contribution in [0.15, 0.2) is 12.1 Å². The Bertz CT molecular complexity index is 429. The summed E-state index contributed by atoms with van der Waals surface area (Å²) >= 11 is 0. The van der Waals surface area contributed by atoms with Crippen LogP contribution >= 0.6 is 0 Å². The number of carbonyl (C=O) groups is 1. The zero-order valence-electron chi connectivity index (χ0n) is 11.0. The van der Waals surface area contributed by atoms with Gasteiger partial charge in [0.2, 0.25) is 0 Å². The Balaban J connectivity index is 2.21. The Morgan fingerprint density at radius 2 is 2.22 bits per heavy atom. The van der Waals surface area contributed by atoms with Crippen molar-refractivity contribution >= 4 is 11.7 Å². The molecule has 0 radical (unpaired) electrons. The number of hydrogen-bond acceptors (Lipinski definition) is 5. The standard InChI is InChI=1S/C12H19N5O/c1-12(2)8-14-6-7-17(12)10-5-4-9(15-16-10)11(18)13-3/h4-5,14H,6-8H2,1-3H3,(H,13,18). The zero-order chi connectivity index (χ0) is 13.2. The molecule has 6 nitrogen and oxygen atoms in total. The largest absolute Gasteiger partial charge is 0.354 e. The van der Waals surface area contributed by atoms with E-state index in [2.05, 4.69) is 39.6 Å². The van der Waals surface area contributed by atoms with Crippen LogP contribution in [0.4, 0.5) is 5.82 Å². The first-order valence-corrected chi connectivity index (χ1v) is 6.09. The third-order valence-electron chi connectivity index (χ3n) is 3.19. The van der Waals surface area contributed by atoms with Crippen molar-refractivity contribution < 1.29 is 4.79 Å². The molecule has 0 saturated carbocycles. The Morgan fingerprint density at radius 3 is 2.78 bits per heavy atom. The van der Waals surface area contributed by atoms with Crippen molar-refractivity contribution in [3.8, 4) is 0 Å². The highest BCUT2D eigenvalue weighted by Gasteiger charge is 2.30. The van der Waals surface area contributed by atoms with E-state index in [1.807, 2.05) is 6.07 Å². The zero-order valence-corrected chi connectivity index (χ0v) is 11.0. The summed E-state index contributed by atoms with van der Waals surface area (Å²) in [4.78, 5) is 13.6. The Morgan fingerprint density at radius 1 is 1.44 bits per heavy atom. The van der Waals surface area contributed by atoms with E-state index in [1.165, 1.54) is 0 Å². The van der Waals surface area contributed by atoms with Crippen molar-refractivity contribution in [1.29, 1.82) is 0 Å². The van der Waals surface area contributed by atoms with E-state index in [4.69, 9.17) is 0 Å². The van der Waals surface area contributed by atoms with Gasteiger partial charge in [0.15, 0.2) is 11.5 Å². The molecule has 1 saturated heterocycles. The lowest BCUT2D eigenvalue weighted by Gasteiger charge is -2.43. The van der Waals surface area contributed by atoms with Gasteiger partial charge in [0.05, 0.1) is 0 Å². The smallest absolute Gasteiger partial charge is 0.271 e. The van der Waals surface area contributed by atoms with Gasteiger partial charge in [-0.15, -0.1) is 10.2 Å². The summed E-state index contributed by atoms with van der Waals surface area (Å²) in [6.45, 7) is 7.05. The molecule has 1 amide bonds. The third-order valence-corrected chi connectivity index (χ3v) is 3.19. The Labute approximate surface area is 107 Å². The molecule has 2 rings (SSSR count). The van der Waals surface area contributed by atoms with E-state index in [-0.39, 0.29) is 11.4 Å². The Kier molecular flexibility index (Phi) is 3.47. The number of carbonyl (C=O) groups excluding carboxylic acids is 1. The number of nitrogens with one attached hydrogen (secondary N) is 2. The summed E-state index contributed by atoms with van der Waals surface area (Å²) < 4.78 is 0. The van der Waals surface area contributed by atoms with Crippen LogP contribution in [0.3, 0.4) is 0 Å². The van der Waals surface area contributed by atoms with Crippen LogP contribution in [0, 0.1) is 0 Å². The summed E-state index contributed by atoms with van der Waals surface area (Å²) in [5.74, 6) is 0.600. The topological polar surface area (TPSA) is 70.2 Å². The number of piperazine rings is 1. The van der Waals surface area contributed by atoms with Crippen molar-refractivity contribution in [2.45, 2.75) is 19.4 Å². The van der Waals surface area contributed by atoms with E-state index in [0.29, 0.717) is 5.69 Å². The van der Waals surface area contributed by atoms with Gasteiger partial charge >= 0.3 is 0 Å². The van der Waals surface area contributed by atoms with Crippen LogP contribution in [-0.4, -0.2) is 48.3 Å². The first-order valence-electron chi connectivity index (χ1n) is 6.09. The molecular formula is C12H19N5O. The number of hydrogen-bond donors (Lipinski definition) is 2. The minimum Gasteiger partial charge on any atom is -0.354 e. The van der Waals surface area contributed by atoms with E-state index < -0.39 is 0 Å². The number of nitrogens with zero attached hydrogens (tertiary/aromatic N) is 3. The summed E-state index contributed by atoms with van der Waals surface area (Å²) in [6, 6.07) is 3.56. The van der Waals surface area contributed by atoms with E-state index in [9.17, 15) is 4.79 Å². The molecule has 0 aromatic carbocycles. The van der Waals surface area contributed by atoms with Gasteiger partial charge in [0.25, 0.3) is 5.91 Å². The maximum Gasteiger partial charge on any atom is 0.271 e. The minimum absolute atomic E-state index is 0.00145. The molecule has 0 spiro atoms. The SMILES string of the molecule is CNC(=O)c1ccc(N2CCNCC2(C)C)nn1. The fourth-order valence-corrected chi connectivity index (χ4v) is 2.13. The quantitative estimate of drug-likeness (QED) is 0.773. The van der Waals surface area contributed by atoms with Crippen LogP contribution in [0.2, 0.25) is 0 Å². The van der Waals surface area contributed by atoms with Crippen molar-refractivity contribution in [2.24, 2.45) is 0 Å². The fraction of sp³-hybridized carbons (Fsp3) is 0.583. The van der Waals surface area contributed by atoms with Gasteiger partial charge in [-0.2, -0.15) is 0 Å². The highest BCUT2D eigenvalue weighted by Crippen LogP contribution is 2.22. The molecule has 1 aliphatic heterocycles. The van der Waals surface area contributed by atoms with Gasteiger partial charge < -0.3 is 15.5 Å². The highest BCUT2D eigenvalue weighted by molar-refractivity contribution is 5.91. The number of rotatable bonds is 2. The normalized spacial score (nSPS) is 18.5. The maximum atomic E-state index is 11.4. The first-order chi connectivity index (χ1) is 8.54. The van der Waals surface area contributed by atoms with Gasteiger partial charge in [-0.05, 0) is 26.0 Å². The summed E-state index contributed by atoms with van der Waals surface area (Å²) in [5.41, 5.74) is 0.343. The monoisotopic (exact) mass is 249 g/mol. The van der Waals surface area contributed by atoms with Crippen LogP contribution in [-0.2, 0) is 0 Å². The number of amides is 1. The Hall–Kier alpha value is -1.69. The van der Waals surface area contributed by atoms with Crippen LogP contribution in [0.1, 0.15) is 24.3 Å². The molecule has 2 heterocycles. The molecule has 1 aromatic rings. The maximum absolute atomic E-state index is 11.4. The molecule has 0 unspecified atom stereocenters. The first kappa shape index (κ1) is 12.8. The van der Waals surface area contributed by atoms with Crippen molar-refractivity contribution in [2.75, 3.05) is 31.6 Å². The predicted octanol–water partition coefficient (Wildman–Crippen LogP) is 0.0244. The molecule has 0 atom stereocenters. The van der Waals surface area contributed by atoms with Gasteiger partial charge in [-0.3, -0.25) is 4.79 Å². The second-order valence-electron chi connectivity index (χ2n) is 5.00. The van der Waals surface area contributed by atoms with Crippen molar-refractivity contribution in [3.63, 3.8) is 0 Å². The molecule has 18 heavy (non-hydrogen) atoms. The molecule has 2 N–H and O–H groups in total. The average Bonchev–Trinajstić information content (AvgIpc) is 2.37. The van der Waals surface area contributed by atoms with E-state index in [0.717, 1.165) is 25.5 Å². The summed E-state index contributed by atoms with van der Waals surface area (Å²) in [7, 11) is 1.58. The van der Waals surface area contributed by atoms with Crippen molar-refractivity contribution in [3.05, 3.63) is 17.8 Å². The molecule has 0 bridgehead atoms. The molecule has 0 aliphatic carbocycles. The third kappa shape index (κ3) is 2.43. The number of anilines is 1. The highest BCUT2D eigenvalue weighted by atomic mass is 16.1. The lowest BCUT2D eigenvalue weighted by molar-refractivity contribution is 0.0957. The molecule has 1 fully saturated rings. The lowest BCUT2D eigenvalue weighted by atomic mass is 10.0. The molecule has 6 heteroatoms. The summed E-state index contributed by atoms with van der Waals surface area (Å²) in [5, 5.41) is 14.0. The van der Waals surface area contributed by atoms with Gasteiger partial charge in [-0.1, -0.05) is 0 Å². The average molecular weight is 249 g/mol. The van der Waals surface area contributed by atoms with Gasteiger partial charge in [-0.25, -0.2) is 0 Å². The number of aromatic nitrogens is 2. The lowest BCUT2D eigenvalue weighted by Crippen LogP contribution is -2.58. The van der Waals surface area contributed by atoms with E-state index >= 15 is 0 Å². The van der Waals surface area contributed by atoms with Crippen LogP contribution in [0.5, 0.6) is 0 Å². The molecular weight excluding hydrogens is 230 g/mol. The summed E-state index contributed by atoms with van der Waals surface area (Å²) in [6.07, 6.45) is 0. The van der Waals surface area contributed by atoms with Crippen LogP contribution in [0.25, 0.3) is 0 Å².